The van der Waals surface area contributed by atoms with Gasteiger partial charge in [-0.05, 0) is 103 Å². The standard InChI is InChI=1S/C43H39N/c1-41(2)36-18-12-11-17-35(36)40-32-23-21-30(26-28(32)20-25-38(40)41)44(29-14-8-7-9-15-29)31-22-24-34-33-16-10-13-19-37(33)42(3,4)43(5,6)39(34)27-31/h7-27H,1-6H3. The van der Waals surface area contributed by atoms with Crippen LogP contribution in [0.4, 0.5) is 17.1 Å². The molecule has 0 bridgehead atoms. The zero-order chi connectivity index (χ0) is 30.4. The lowest BCUT2D eigenvalue weighted by molar-refractivity contribution is 0.299. The molecule has 6 aromatic carbocycles. The highest BCUT2D eigenvalue weighted by molar-refractivity contribution is 6.04. The van der Waals surface area contributed by atoms with Crippen molar-refractivity contribution in [1.82, 2.24) is 0 Å². The molecule has 0 radical (unpaired) electrons. The van der Waals surface area contributed by atoms with Crippen molar-refractivity contribution >= 4 is 27.8 Å². The van der Waals surface area contributed by atoms with E-state index >= 15 is 0 Å². The predicted octanol–water partition coefficient (Wildman–Crippen LogP) is 11.9. The van der Waals surface area contributed by atoms with E-state index in [1.165, 1.54) is 66.7 Å². The van der Waals surface area contributed by atoms with E-state index in [0.717, 1.165) is 5.69 Å². The van der Waals surface area contributed by atoms with Crippen LogP contribution in [0.25, 0.3) is 33.0 Å². The van der Waals surface area contributed by atoms with Crippen molar-refractivity contribution in [3.05, 3.63) is 150 Å². The number of nitrogens with zero attached hydrogens (tertiary/aromatic N) is 1. The number of anilines is 3. The molecule has 8 rings (SSSR count). The van der Waals surface area contributed by atoms with Gasteiger partial charge in [0, 0.05) is 22.5 Å². The maximum Gasteiger partial charge on any atom is 0.0468 e. The summed E-state index contributed by atoms with van der Waals surface area (Å²) in [6.45, 7) is 14.3. The van der Waals surface area contributed by atoms with Gasteiger partial charge in [0.2, 0.25) is 0 Å². The van der Waals surface area contributed by atoms with Crippen LogP contribution < -0.4 is 4.90 Å². The topological polar surface area (TPSA) is 3.24 Å². The Morgan fingerprint density at radius 1 is 0.409 bits per heavy atom. The van der Waals surface area contributed by atoms with E-state index in [1.54, 1.807) is 0 Å². The van der Waals surface area contributed by atoms with E-state index in [2.05, 4.69) is 174 Å². The van der Waals surface area contributed by atoms with Crippen molar-refractivity contribution in [2.24, 2.45) is 0 Å². The lowest BCUT2D eigenvalue weighted by Gasteiger charge is -2.48. The van der Waals surface area contributed by atoms with Crippen LogP contribution in [0, 0.1) is 0 Å². The molecule has 0 N–H and O–H groups in total. The Bertz CT molecular complexity index is 2090. The normalized spacial score (nSPS) is 16.5. The van der Waals surface area contributed by atoms with Gasteiger partial charge in [-0.1, -0.05) is 133 Å². The second-order valence-corrected chi connectivity index (χ2v) is 14.3. The third-order valence-corrected chi connectivity index (χ3v) is 11.2. The maximum atomic E-state index is 2.45. The van der Waals surface area contributed by atoms with Crippen molar-refractivity contribution in [3.8, 4) is 22.3 Å². The van der Waals surface area contributed by atoms with E-state index in [-0.39, 0.29) is 16.2 Å². The number of hydrogen-bond acceptors (Lipinski definition) is 1. The van der Waals surface area contributed by atoms with Gasteiger partial charge in [-0.25, -0.2) is 0 Å². The Morgan fingerprint density at radius 2 is 1.00 bits per heavy atom. The highest BCUT2D eigenvalue weighted by atomic mass is 15.1. The minimum absolute atomic E-state index is 0.00279. The first-order valence-corrected chi connectivity index (χ1v) is 15.9. The van der Waals surface area contributed by atoms with Gasteiger partial charge >= 0.3 is 0 Å². The first-order valence-electron chi connectivity index (χ1n) is 15.9. The Morgan fingerprint density at radius 3 is 1.77 bits per heavy atom. The number of benzene rings is 6. The van der Waals surface area contributed by atoms with Gasteiger partial charge in [0.1, 0.15) is 0 Å². The van der Waals surface area contributed by atoms with Gasteiger partial charge in [-0.15, -0.1) is 0 Å². The Labute approximate surface area is 261 Å². The van der Waals surface area contributed by atoms with Gasteiger partial charge in [0.25, 0.3) is 0 Å². The Balaban J connectivity index is 1.33. The lowest BCUT2D eigenvalue weighted by Crippen LogP contribution is -2.43. The molecule has 6 aromatic rings. The average molecular weight is 570 g/mol. The number of fused-ring (bicyclic) bond motifs is 8. The van der Waals surface area contributed by atoms with Gasteiger partial charge < -0.3 is 4.90 Å². The van der Waals surface area contributed by atoms with Gasteiger partial charge in [-0.2, -0.15) is 0 Å². The number of rotatable bonds is 3. The monoisotopic (exact) mass is 569 g/mol. The maximum absolute atomic E-state index is 2.45. The molecule has 2 aliphatic rings. The van der Waals surface area contributed by atoms with Crippen molar-refractivity contribution in [3.63, 3.8) is 0 Å². The molecule has 0 aliphatic heterocycles. The molecule has 44 heavy (non-hydrogen) atoms. The summed E-state index contributed by atoms with van der Waals surface area (Å²) in [5.74, 6) is 0. The van der Waals surface area contributed by atoms with E-state index in [1.807, 2.05) is 0 Å². The molecule has 0 fully saturated rings. The molecule has 0 atom stereocenters. The summed E-state index contributed by atoms with van der Waals surface area (Å²) in [7, 11) is 0. The minimum atomic E-state index is -0.0564. The lowest BCUT2D eigenvalue weighted by atomic mass is 9.55. The van der Waals surface area contributed by atoms with Crippen molar-refractivity contribution in [2.75, 3.05) is 4.90 Å². The third-order valence-electron chi connectivity index (χ3n) is 11.2. The van der Waals surface area contributed by atoms with Crippen LogP contribution in [-0.2, 0) is 16.2 Å². The molecule has 0 heterocycles. The van der Waals surface area contributed by atoms with Crippen molar-refractivity contribution < 1.29 is 0 Å². The number of hydrogen-bond donors (Lipinski definition) is 0. The molecule has 1 heteroatoms. The highest BCUT2D eigenvalue weighted by Gasteiger charge is 2.46. The van der Waals surface area contributed by atoms with E-state index < -0.39 is 0 Å². The Hall–Kier alpha value is -4.62. The zero-order valence-electron chi connectivity index (χ0n) is 26.6. The van der Waals surface area contributed by atoms with Gasteiger partial charge in [0.15, 0.2) is 0 Å². The summed E-state index contributed by atoms with van der Waals surface area (Å²) >= 11 is 0. The quantitative estimate of drug-likeness (QED) is 0.205. The van der Waals surface area contributed by atoms with Crippen molar-refractivity contribution in [1.29, 1.82) is 0 Å². The first-order chi connectivity index (χ1) is 21.1. The molecule has 0 saturated heterocycles. The first kappa shape index (κ1) is 27.0. The average Bonchev–Trinajstić information content (AvgIpc) is 3.27. The molecule has 0 saturated carbocycles. The summed E-state index contributed by atoms with van der Waals surface area (Å²) in [5, 5.41) is 2.59. The molecule has 216 valence electrons. The second kappa shape index (κ2) is 9.19. The number of para-hydroxylation sites is 1. The van der Waals surface area contributed by atoms with Gasteiger partial charge in [-0.3, -0.25) is 0 Å². The SMILES string of the molecule is CC1(C)c2ccccc2-c2c1ccc1cc(N(c3ccccc3)c3ccc4c(c3)C(C)(C)C(C)(C)c3ccccc3-4)ccc21. The molecular formula is C43H39N. The smallest absolute Gasteiger partial charge is 0.0468 e. The van der Waals surface area contributed by atoms with E-state index in [0.29, 0.717) is 0 Å². The molecular weight excluding hydrogens is 530 g/mol. The predicted molar refractivity (Wildman–Crippen MR) is 188 cm³/mol. The fourth-order valence-electron chi connectivity index (χ4n) is 8.04. The largest absolute Gasteiger partial charge is 0.310 e. The fourth-order valence-corrected chi connectivity index (χ4v) is 8.04. The summed E-state index contributed by atoms with van der Waals surface area (Å²) in [5.41, 5.74) is 14.6. The third kappa shape index (κ3) is 3.59. The van der Waals surface area contributed by atoms with Crippen LogP contribution in [-0.4, -0.2) is 0 Å². The highest BCUT2D eigenvalue weighted by Crippen LogP contribution is 2.55. The van der Waals surface area contributed by atoms with E-state index in [9.17, 15) is 0 Å². The van der Waals surface area contributed by atoms with Crippen LogP contribution >= 0.6 is 0 Å². The summed E-state index contributed by atoms with van der Waals surface area (Å²) < 4.78 is 0. The molecule has 0 amide bonds. The van der Waals surface area contributed by atoms with Crippen LogP contribution in [0.1, 0.15) is 63.8 Å². The van der Waals surface area contributed by atoms with E-state index in [4.69, 9.17) is 0 Å². The minimum Gasteiger partial charge on any atom is -0.310 e. The van der Waals surface area contributed by atoms with Crippen LogP contribution in [0.5, 0.6) is 0 Å². The van der Waals surface area contributed by atoms with Crippen molar-refractivity contribution in [2.45, 2.75) is 57.8 Å². The fraction of sp³-hybridized carbons (Fsp3) is 0.209. The molecule has 0 unspecified atom stereocenters. The van der Waals surface area contributed by atoms with Crippen LogP contribution in [0.2, 0.25) is 0 Å². The summed E-state index contributed by atoms with van der Waals surface area (Å²) in [6, 6.07) is 47.5. The molecule has 2 aliphatic carbocycles. The Kier molecular flexibility index (Phi) is 5.63. The second-order valence-electron chi connectivity index (χ2n) is 14.3. The van der Waals surface area contributed by atoms with Gasteiger partial charge in [0.05, 0.1) is 0 Å². The zero-order valence-corrected chi connectivity index (χ0v) is 26.6. The van der Waals surface area contributed by atoms with Crippen LogP contribution in [0.3, 0.4) is 0 Å². The molecule has 0 spiro atoms. The molecule has 1 nitrogen and oxygen atoms in total. The summed E-state index contributed by atoms with van der Waals surface area (Å²) in [6.07, 6.45) is 0. The molecule has 0 aromatic heterocycles. The summed E-state index contributed by atoms with van der Waals surface area (Å²) in [4.78, 5) is 2.43. The van der Waals surface area contributed by atoms with Crippen LogP contribution in [0.15, 0.2) is 127 Å².